The minimum absolute atomic E-state index is 0.0271. The Morgan fingerprint density at radius 3 is 2.21 bits per heavy atom. The van der Waals surface area contributed by atoms with Crippen molar-refractivity contribution in [2.45, 2.75) is 6.54 Å². The Morgan fingerprint density at radius 2 is 1.50 bits per heavy atom. The number of carbonyl (C=O) groups is 2. The van der Waals surface area contributed by atoms with Crippen LogP contribution in [-0.4, -0.2) is 16.4 Å². The van der Waals surface area contributed by atoms with Gasteiger partial charge in [-0.15, -0.1) is 0 Å². The highest BCUT2D eigenvalue weighted by atomic mass is 35.5. The molecule has 170 valence electrons. The highest BCUT2D eigenvalue weighted by Crippen LogP contribution is 2.18. The Hall–Kier alpha value is -4.23. The summed E-state index contributed by atoms with van der Waals surface area (Å²) in [6, 6.07) is 22.1. The van der Waals surface area contributed by atoms with Gasteiger partial charge in [0, 0.05) is 24.1 Å². The number of aromatic nitrogens is 1. The second-order valence-electron chi connectivity index (χ2n) is 7.39. The zero-order chi connectivity index (χ0) is 24.1. The maximum Gasteiger partial charge on any atom is 0.267 e. The maximum atomic E-state index is 13.0. The topological polar surface area (TPSA) is 80.2 Å². The first-order valence-electron chi connectivity index (χ1n) is 10.3. The molecule has 2 N–H and O–H groups in total. The number of rotatable bonds is 6. The average Bonchev–Trinajstić information content (AvgIpc) is 2.84. The van der Waals surface area contributed by atoms with Gasteiger partial charge in [0.15, 0.2) is 0 Å². The maximum absolute atomic E-state index is 13.0. The number of anilines is 1. The van der Waals surface area contributed by atoms with Gasteiger partial charge >= 0.3 is 0 Å². The second-order valence-corrected chi connectivity index (χ2v) is 7.79. The Labute approximate surface area is 199 Å². The van der Waals surface area contributed by atoms with Gasteiger partial charge in [0.05, 0.1) is 10.6 Å². The molecule has 3 aromatic carbocycles. The summed E-state index contributed by atoms with van der Waals surface area (Å²) >= 11 is 6.07. The Morgan fingerprint density at radius 1 is 0.824 bits per heavy atom. The van der Waals surface area contributed by atoms with Gasteiger partial charge in [0.2, 0.25) is 0 Å². The molecule has 4 rings (SSSR count). The lowest BCUT2D eigenvalue weighted by Gasteiger charge is -2.11. The van der Waals surface area contributed by atoms with Crippen molar-refractivity contribution >= 4 is 29.1 Å². The summed E-state index contributed by atoms with van der Waals surface area (Å²) in [5.74, 6) is -1.25. The number of hydrogen-bond acceptors (Lipinski definition) is 3. The number of benzene rings is 3. The molecule has 0 saturated heterocycles. The van der Waals surface area contributed by atoms with Gasteiger partial charge in [-0.2, -0.15) is 0 Å². The average molecular weight is 476 g/mol. The normalized spacial score (nSPS) is 10.5. The van der Waals surface area contributed by atoms with E-state index in [9.17, 15) is 18.8 Å². The summed E-state index contributed by atoms with van der Waals surface area (Å²) < 4.78 is 14.4. The summed E-state index contributed by atoms with van der Waals surface area (Å²) in [6.07, 6.45) is 1.55. The van der Waals surface area contributed by atoms with E-state index in [0.29, 0.717) is 27.5 Å². The van der Waals surface area contributed by atoms with Gasteiger partial charge in [0.1, 0.15) is 11.4 Å². The fraction of sp³-hybridized carbons (Fsp3) is 0.0385. The smallest absolute Gasteiger partial charge is 0.267 e. The Bertz CT molecular complexity index is 1400. The number of halogens is 2. The zero-order valence-electron chi connectivity index (χ0n) is 17.8. The van der Waals surface area contributed by atoms with Crippen molar-refractivity contribution in [2.75, 3.05) is 5.32 Å². The molecule has 2 amide bonds. The number of pyridine rings is 1. The van der Waals surface area contributed by atoms with E-state index < -0.39 is 11.5 Å². The van der Waals surface area contributed by atoms with E-state index in [-0.39, 0.29) is 23.8 Å². The van der Waals surface area contributed by atoms with Crippen LogP contribution >= 0.6 is 11.6 Å². The van der Waals surface area contributed by atoms with Crippen LogP contribution in [0.25, 0.3) is 5.69 Å². The van der Waals surface area contributed by atoms with Crippen LogP contribution in [0.15, 0.2) is 95.9 Å². The number of nitrogens with zero attached hydrogens (tertiary/aromatic N) is 1. The van der Waals surface area contributed by atoms with E-state index >= 15 is 0 Å². The Kier molecular flexibility index (Phi) is 6.85. The van der Waals surface area contributed by atoms with Crippen LogP contribution in [0.2, 0.25) is 5.02 Å². The van der Waals surface area contributed by atoms with E-state index in [1.807, 2.05) is 0 Å². The second kappa shape index (κ2) is 10.1. The molecular formula is C26H19ClFN3O3. The predicted molar refractivity (Wildman–Crippen MR) is 129 cm³/mol. The molecule has 0 aliphatic heterocycles. The van der Waals surface area contributed by atoms with Gasteiger partial charge in [0.25, 0.3) is 17.4 Å². The molecule has 0 unspecified atom stereocenters. The van der Waals surface area contributed by atoms with Gasteiger partial charge in [-0.1, -0.05) is 35.9 Å². The van der Waals surface area contributed by atoms with Crippen LogP contribution in [0.3, 0.4) is 0 Å². The molecular weight excluding hydrogens is 457 g/mol. The molecule has 0 spiro atoms. The van der Waals surface area contributed by atoms with Crippen LogP contribution in [0.5, 0.6) is 0 Å². The lowest BCUT2D eigenvalue weighted by atomic mass is 10.2. The number of amides is 2. The van der Waals surface area contributed by atoms with Crippen LogP contribution < -0.4 is 16.2 Å². The summed E-state index contributed by atoms with van der Waals surface area (Å²) in [5, 5.41) is 5.78. The molecule has 0 aliphatic rings. The van der Waals surface area contributed by atoms with Crippen molar-refractivity contribution < 1.29 is 14.0 Å². The zero-order valence-corrected chi connectivity index (χ0v) is 18.6. The highest BCUT2D eigenvalue weighted by Gasteiger charge is 2.14. The van der Waals surface area contributed by atoms with E-state index in [2.05, 4.69) is 10.6 Å². The fourth-order valence-electron chi connectivity index (χ4n) is 3.30. The first kappa shape index (κ1) is 22.9. The van der Waals surface area contributed by atoms with E-state index in [0.717, 1.165) is 0 Å². The summed E-state index contributed by atoms with van der Waals surface area (Å²) in [6.45, 7) is 0.160. The van der Waals surface area contributed by atoms with Crippen LogP contribution in [0.1, 0.15) is 26.3 Å². The monoisotopic (exact) mass is 475 g/mol. The van der Waals surface area contributed by atoms with Crippen molar-refractivity contribution in [1.82, 2.24) is 9.88 Å². The molecule has 4 aromatic rings. The van der Waals surface area contributed by atoms with Crippen LogP contribution in [-0.2, 0) is 6.54 Å². The first-order valence-corrected chi connectivity index (χ1v) is 10.7. The summed E-state index contributed by atoms with van der Waals surface area (Å²) in [4.78, 5) is 37.9. The van der Waals surface area contributed by atoms with Crippen molar-refractivity contribution in [3.8, 4) is 5.69 Å². The van der Waals surface area contributed by atoms with Crippen LogP contribution in [0, 0.1) is 5.82 Å². The molecule has 6 nitrogen and oxygen atoms in total. The third kappa shape index (κ3) is 5.22. The molecule has 34 heavy (non-hydrogen) atoms. The third-order valence-electron chi connectivity index (χ3n) is 5.08. The minimum atomic E-state index is -0.535. The first-order chi connectivity index (χ1) is 16.4. The molecule has 0 radical (unpaired) electrons. The molecule has 0 bridgehead atoms. The third-order valence-corrected chi connectivity index (χ3v) is 5.41. The van der Waals surface area contributed by atoms with Gasteiger partial charge in [-0.3, -0.25) is 19.0 Å². The number of hydrogen-bond donors (Lipinski definition) is 2. The fourth-order valence-corrected chi connectivity index (χ4v) is 3.52. The van der Waals surface area contributed by atoms with Gasteiger partial charge in [-0.05, 0) is 66.2 Å². The van der Waals surface area contributed by atoms with E-state index in [1.165, 1.54) is 22.8 Å². The predicted octanol–water partition coefficient (Wildman–Crippen LogP) is 4.81. The molecule has 0 atom stereocenters. The van der Waals surface area contributed by atoms with Crippen molar-refractivity contribution in [2.24, 2.45) is 0 Å². The van der Waals surface area contributed by atoms with Crippen molar-refractivity contribution in [3.63, 3.8) is 0 Å². The number of carbonyl (C=O) groups excluding carboxylic acids is 2. The van der Waals surface area contributed by atoms with Crippen molar-refractivity contribution in [3.05, 3.63) is 129 Å². The minimum Gasteiger partial charge on any atom is -0.348 e. The lowest BCUT2D eigenvalue weighted by Crippen LogP contribution is -2.32. The van der Waals surface area contributed by atoms with E-state index in [1.54, 1.807) is 72.9 Å². The highest BCUT2D eigenvalue weighted by molar-refractivity contribution is 6.34. The van der Waals surface area contributed by atoms with Crippen molar-refractivity contribution in [1.29, 1.82) is 0 Å². The molecule has 0 aliphatic carbocycles. The largest absolute Gasteiger partial charge is 0.348 e. The molecule has 0 fully saturated rings. The quantitative estimate of drug-likeness (QED) is 0.420. The SMILES string of the molecule is O=C(Nc1ccc(-n2cccc(C(=O)NCc3ccc(F)cc3)c2=O)cc1)c1ccccc1Cl. The summed E-state index contributed by atoms with van der Waals surface area (Å²) in [7, 11) is 0. The van der Waals surface area contributed by atoms with E-state index in [4.69, 9.17) is 11.6 Å². The Balaban J connectivity index is 1.48. The molecule has 1 heterocycles. The number of nitrogens with one attached hydrogen (secondary N) is 2. The summed E-state index contributed by atoms with van der Waals surface area (Å²) in [5.41, 5.74) is 1.58. The van der Waals surface area contributed by atoms with Gasteiger partial charge < -0.3 is 10.6 Å². The molecule has 0 saturated carbocycles. The molecule has 1 aromatic heterocycles. The molecule has 8 heteroatoms. The lowest BCUT2D eigenvalue weighted by molar-refractivity contribution is 0.0948. The van der Waals surface area contributed by atoms with Crippen LogP contribution in [0.4, 0.5) is 10.1 Å². The standard InChI is InChI=1S/C26H19ClFN3O3/c27-23-6-2-1-4-21(23)25(33)30-19-11-13-20(14-12-19)31-15-3-5-22(26(31)34)24(32)29-16-17-7-9-18(28)10-8-17/h1-15H,16H2,(H,29,32)(H,30,33). The van der Waals surface area contributed by atoms with Gasteiger partial charge in [-0.25, -0.2) is 4.39 Å².